The van der Waals surface area contributed by atoms with Crippen LogP contribution in [-0.4, -0.2) is 63.9 Å². The van der Waals surface area contributed by atoms with E-state index in [1.54, 1.807) is 36.4 Å². The van der Waals surface area contributed by atoms with Crippen molar-refractivity contribution in [2.45, 2.75) is 4.90 Å². The average Bonchev–Trinajstić information content (AvgIpc) is 2.89. The van der Waals surface area contributed by atoms with Gasteiger partial charge >= 0.3 is 0 Å². The van der Waals surface area contributed by atoms with Crippen LogP contribution in [0.25, 0.3) is 6.08 Å². The molecule has 0 radical (unpaired) electrons. The van der Waals surface area contributed by atoms with Gasteiger partial charge in [0.05, 0.1) is 10.6 Å². The fraction of sp³-hybridized carbons (Fsp3) is 0.222. The fourth-order valence-electron chi connectivity index (χ4n) is 3.92. The van der Waals surface area contributed by atoms with Gasteiger partial charge in [-0.05, 0) is 42.0 Å². The maximum atomic E-state index is 13.0. The van der Waals surface area contributed by atoms with E-state index < -0.39 is 10.0 Å². The summed E-state index contributed by atoms with van der Waals surface area (Å²) in [6, 6.07) is 25.3. The number of nitrogens with zero attached hydrogens (tertiary/aromatic N) is 3. The van der Waals surface area contributed by atoms with Crippen molar-refractivity contribution >= 4 is 27.7 Å². The molecule has 0 bridgehead atoms. The molecule has 0 N–H and O–H groups in total. The van der Waals surface area contributed by atoms with Crippen molar-refractivity contribution in [2.24, 2.45) is 0 Å². The summed E-state index contributed by atoms with van der Waals surface area (Å²) in [5.41, 5.74) is 2.26. The molecule has 0 aromatic heterocycles. The van der Waals surface area contributed by atoms with E-state index in [-0.39, 0.29) is 10.8 Å². The van der Waals surface area contributed by atoms with E-state index in [1.807, 2.05) is 29.2 Å². The predicted molar refractivity (Wildman–Crippen MR) is 136 cm³/mol. The first-order chi connectivity index (χ1) is 16.4. The van der Waals surface area contributed by atoms with Crippen molar-refractivity contribution in [3.8, 4) is 0 Å². The highest BCUT2D eigenvalue weighted by Crippen LogP contribution is 2.22. The molecule has 1 fully saturated rings. The fourth-order valence-corrected chi connectivity index (χ4v) is 5.12. The second-order valence-corrected chi connectivity index (χ2v) is 10.2. The standard InChI is InChI=1S/C27H29N3O3S/c1-28(25-12-6-3-7-13-25)34(32,33)26-16-14-24(15-17-26)27(31)30-21-19-29(20-22-30)18-8-11-23-9-4-2-5-10-23/h2-17H,18-22H2,1H3/b11-8+. The normalized spacial score (nSPS) is 14.9. The molecule has 34 heavy (non-hydrogen) atoms. The Morgan fingerprint density at radius 1 is 0.853 bits per heavy atom. The van der Waals surface area contributed by atoms with Crippen LogP contribution in [0, 0.1) is 0 Å². The first-order valence-electron chi connectivity index (χ1n) is 11.3. The molecule has 3 aromatic rings. The van der Waals surface area contributed by atoms with E-state index in [0.29, 0.717) is 24.3 Å². The monoisotopic (exact) mass is 475 g/mol. The lowest BCUT2D eigenvalue weighted by atomic mass is 10.2. The number of benzene rings is 3. The summed E-state index contributed by atoms with van der Waals surface area (Å²) in [7, 11) is -2.17. The van der Waals surface area contributed by atoms with Gasteiger partial charge in [0.2, 0.25) is 0 Å². The Hall–Kier alpha value is -3.42. The summed E-state index contributed by atoms with van der Waals surface area (Å²) >= 11 is 0. The number of carbonyl (C=O) groups is 1. The van der Waals surface area contributed by atoms with Crippen molar-refractivity contribution in [1.82, 2.24) is 9.80 Å². The minimum Gasteiger partial charge on any atom is -0.336 e. The van der Waals surface area contributed by atoms with Crippen LogP contribution >= 0.6 is 0 Å². The molecule has 3 aromatic carbocycles. The first kappa shape index (κ1) is 23.7. The van der Waals surface area contributed by atoms with Crippen LogP contribution < -0.4 is 4.31 Å². The molecular formula is C27H29N3O3S. The summed E-state index contributed by atoms with van der Waals surface area (Å²) in [5.74, 6) is -0.0696. The lowest BCUT2D eigenvalue weighted by Gasteiger charge is -2.34. The van der Waals surface area contributed by atoms with Crippen molar-refractivity contribution < 1.29 is 13.2 Å². The third kappa shape index (κ3) is 5.55. The number of carbonyl (C=O) groups excluding carboxylic acids is 1. The maximum Gasteiger partial charge on any atom is 0.264 e. The molecule has 0 unspecified atom stereocenters. The largest absolute Gasteiger partial charge is 0.336 e. The van der Waals surface area contributed by atoms with Crippen LogP contribution in [0.4, 0.5) is 5.69 Å². The zero-order valence-electron chi connectivity index (χ0n) is 19.2. The molecule has 7 heteroatoms. The van der Waals surface area contributed by atoms with E-state index in [1.165, 1.54) is 29.0 Å². The molecule has 0 spiro atoms. The van der Waals surface area contributed by atoms with Gasteiger partial charge in [0.25, 0.3) is 15.9 Å². The Kier molecular flexibility index (Phi) is 7.45. The lowest BCUT2D eigenvalue weighted by Crippen LogP contribution is -2.48. The highest BCUT2D eigenvalue weighted by molar-refractivity contribution is 7.92. The Labute approximate surface area is 201 Å². The summed E-state index contributed by atoms with van der Waals surface area (Å²) in [4.78, 5) is 17.3. The van der Waals surface area contributed by atoms with Crippen molar-refractivity contribution in [3.05, 3.63) is 102 Å². The van der Waals surface area contributed by atoms with E-state index in [4.69, 9.17) is 0 Å². The number of sulfonamides is 1. The van der Waals surface area contributed by atoms with Gasteiger partial charge in [0.15, 0.2) is 0 Å². The van der Waals surface area contributed by atoms with Crippen LogP contribution in [0.5, 0.6) is 0 Å². The number of rotatable bonds is 7. The van der Waals surface area contributed by atoms with Crippen LogP contribution in [0.1, 0.15) is 15.9 Å². The number of hydrogen-bond acceptors (Lipinski definition) is 4. The van der Waals surface area contributed by atoms with Gasteiger partial charge in [-0.25, -0.2) is 8.42 Å². The Balaban J connectivity index is 1.33. The third-order valence-corrected chi connectivity index (χ3v) is 7.81. The zero-order chi connectivity index (χ0) is 24.0. The summed E-state index contributed by atoms with van der Waals surface area (Å²) < 4.78 is 27.1. The number of para-hydroxylation sites is 1. The molecule has 4 rings (SSSR count). The summed E-state index contributed by atoms with van der Waals surface area (Å²) in [6.07, 6.45) is 4.26. The van der Waals surface area contributed by atoms with Crippen LogP contribution in [0.3, 0.4) is 0 Å². The number of amides is 1. The highest BCUT2D eigenvalue weighted by Gasteiger charge is 2.24. The zero-order valence-corrected chi connectivity index (χ0v) is 20.1. The summed E-state index contributed by atoms with van der Waals surface area (Å²) in [6.45, 7) is 3.75. The van der Waals surface area contributed by atoms with Gasteiger partial charge in [0, 0.05) is 45.3 Å². The van der Waals surface area contributed by atoms with E-state index in [2.05, 4.69) is 29.2 Å². The highest BCUT2D eigenvalue weighted by atomic mass is 32.2. The Morgan fingerprint density at radius 2 is 1.44 bits per heavy atom. The van der Waals surface area contributed by atoms with Crippen molar-refractivity contribution in [1.29, 1.82) is 0 Å². The maximum absolute atomic E-state index is 13.0. The van der Waals surface area contributed by atoms with Crippen LogP contribution in [0.15, 0.2) is 95.9 Å². The molecule has 1 amide bonds. The van der Waals surface area contributed by atoms with Crippen LogP contribution in [0.2, 0.25) is 0 Å². The summed E-state index contributed by atoms with van der Waals surface area (Å²) in [5, 5.41) is 0. The van der Waals surface area contributed by atoms with Gasteiger partial charge in [0.1, 0.15) is 0 Å². The van der Waals surface area contributed by atoms with Crippen molar-refractivity contribution in [2.75, 3.05) is 44.1 Å². The number of piperazine rings is 1. The average molecular weight is 476 g/mol. The van der Waals surface area contributed by atoms with Gasteiger partial charge in [-0.15, -0.1) is 0 Å². The predicted octanol–water partition coefficient (Wildman–Crippen LogP) is 3.98. The van der Waals surface area contributed by atoms with Gasteiger partial charge in [-0.2, -0.15) is 0 Å². The minimum absolute atomic E-state index is 0.0696. The minimum atomic E-state index is -3.70. The molecule has 1 aliphatic rings. The molecule has 6 nitrogen and oxygen atoms in total. The molecule has 0 atom stereocenters. The van der Waals surface area contributed by atoms with Crippen molar-refractivity contribution in [3.63, 3.8) is 0 Å². The molecule has 1 heterocycles. The van der Waals surface area contributed by atoms with Gasteiger partial charge in [-0.1, -0.05) is 60.7 Å². The quantitative estimate of drug-likeness (QED) is 0.519. The third-order valence-electron chi connectivity index (χ3n) is 6.01. The second-order valence-electron chi connectivity index (χ2n) is 8.24. The van der Waals surface area contributed by atoms with E-state index in [0.717, 1.165) is 19.6 Å². The SMILES string of the molecule is CN(c1ccccc1)S(=O)(=O)c1ccc(C(=O)N2CCN(C/C=C/c3ccccc3)CC2)cc1. The molecule has 0 aliphatic carbocycles. The first-order valence-corrected chi connectivity index (χ1v) is 12.8. The van der Waals surface area contributed by atoms with E-state index in [9.17, 15) is 13.2 Å². The van der Waals surface area contributed by atoms with Gasteiger partial charge < -0.3 is 4.90 Å². The topological polar surface area (TPSA) is 60.9 Å². The lowest BCUT2D eigenvalue weighted by molar-refractivity contribution is 0.0650. The van der Waals surface area contributed by atoms with Crippen LogP contribution in [-0.2, 0) is 10.0 Å². The molecule has 0 saturated carbocycles. The Bertz CT molecular complexity index is 1220. The molecule has 1 saturated heterocycles. The van der Waals surface area contributed by atoms with Gasteiger partial charge in [-0.3, -0.25) is 14.0 Å². The van der Waals surface area contributed by atoms with E-state index >= 15 is 0 Å². The number of hydrogen-bond donors (Lipinski definition) is 0. The smallest absolute Gasteiger partial charge is 0.264 e. The molecule has 1 aliphatic heterocycles. The Morgan fingerprint density at radius 3 is 2.06 bits per heavy atom. The molecular weight excluding hydrogens is 446 g/mol. The number of anilines is 1. The molecule has 176 valence electrons. The second kappa shape index (κ2) is 10.7.